The summed E-state index contributed by atoms with van der Waals surface area (Å²) in [6.07, 6.45) is 0.749. The Bertz CT molecular complexity index is 703. The predicted molar refractivity (Wildman–Crippen MR) is 76.5 cm³/mol. The maximum Gasteiger partial charge on any atom is 0.339 e. The van der Waals surface area contributed by atoms with Gasteiger partial charge in [0.2, 0.25) is 0 Å². The number of hydrogen-bond acceptors (Lipinski definition) is 4. The van der Waals surface area contributed by atoms with Crippen molar-refractivity contribution in [2.24, 2.45) is 0 Å². The molecule has 4 nitrogen and oxygen atoms in total. The molecule has 0 aliphatic carbocycles. The standard InChI is InChI=1S/C15H16O4S/c1-3-12-6-9-15(14(16)10-12)19-20(17,18)13-7-4-11(2)5-8-13/h4-10,16H,3H2,1-2H3. The third kappa shape index (κ3) is 3.11. The molecule has 20 heavy (non-hydrogen) atoms. The monoisotopic (exact) mass is 292 g/mol. The first-order valence-corrected chi connectivity index (χ1v) is 7.66. The molecule has 0 saturated heterocycles. The van der Waals surface area contributed by atoms with E-state index in [-0.39, 0.29) is 16.4 Å². The van der Waals surface area contributed by atoms with Crippen LogP contribution in [0.3, 0.4) is 0 Å². The molecule has 5 heteroatoms. The maximum atomic E-state index is 12.1. The highest BCUT2D eigenvalue weighted by Gasteiger charge is 2.18. The van der Waals surface area contributed by atoms with Crippen molar-refractivity contribution in [1.29, 1.82) is 0 Å². The average Bonchev–Trinajstić information content (AvgIpc) is 2.41. The molecular weight excluding hydrogens is 276 g/mol. The van der Waals surface area contributed by atoms with Gasteiger partial charge in [-0.2, -0.15) is 8.42 Å². The summed E-state index contributed by atoms with van der Waals surface area (Å²) in [5.74, 6) is -0.247. The highest BCUT2D eigenvalue weighted by molar-refractivity contribution is 7.87. The maximum absolute atomic E-state index is 12.1. The Morgan fingerprint density at radius 1 is 1.10 bits per heavy atom. The second-order valence-corrected chi connectivity index (χ2v) is 6.05. The van der Waals surface area contributed by atoms with Gasteiger partial charge >= 0.3 is 10.1 Å². The van der Waals surface area contributed by atoms with Crippen molar-refractivity contribution in [1.82, 2.24) is 0 Å². The summed E-state index contributed by atoms with van der Waals surface area (Å²) in [4.78, 5) is 0.0575. The number of phenols is 1. The zero-order valence-corrected chi connectivity index (χ0v) is 12.1. The second kappa shape index (κ2) is 5.54. The normalized spacial score (nSPS) is 11.3. The summed E-state index contributed by atoms with van der Waals surface area (Å²) in [5.41, 5.74) is 1.86. The van der Waals surface area contributed by atoms with E-state index in [1.54, 1.807) is 18.2 Å². The number of aryl methyl sites for hydroxylation is 2. The van der Waals surface area contributed by atoms with E-state index in [2.05, 4.69) is 0 Å². The van der Waals surface area contributed by atoms with Crippen LogP contribution in [0.15, 0.2) is 47.4 Å². The zero-order valence-electron chi connectivity index (χ0n) is 11.3. The molecule has 0 radical (unpaired) electrons. The van der Waals surface area contributed by atoms with Crippen molar-refractivity contribution in [3.8, 4) is 11.5 Å². The summed E-state index contributed by atoms with van der Waals surface area (Å²) in [7, 11) is -3.93. The van der Waals surface area contributed by atoms with Gasteiger partial charge in [0.05, 0.1) is 0 Å². The van der Waals surface area contributed by atoms with Gasteiger partial charge in [0.1, 0.15) is 4.90 Å². The summed E-state index contributed by atoms with van der Waals surface area (Å²) < 4.78 is 29.2. The third-order valence-electron chi connectivity index (χ3n) is 2.94. The van der Waals surface area contributed by atoms with Crippen molar-refractivity contribution in [3.63, 3.8) is 0 Å². The quantitative estimate of drug-likeness (QED) is 0.880. The average molecular weight is 292 g/mol. The zero-order chi connectivity index (χ0) is 14.8. The first kappa shape index (κ1) is 14.4. The van der Waals surface area contributed by atoms with Crippen LogP contribution in [0.2, 0.25) is 0 Å². The van der Waals surface area contributed by atoms with Crippen molar-refractivity contribution in [3.05, 3.63) is 53.6 Å². The largest absolute Gasteiger partial charge is 0.504 e. The minimum Gasteiger partial charge on any atom is -0.504 e. The first-order valence-electron chi connectivity index (χ1n) is 6.25. The van der Waals surface area contributed by atoms with Crippen LogP contribution < -0.4 is 4.18 Å². The van der Waals surface area contributed by atoms with E-state index >= 15 is 0 Å². The molecule has 2 rings (SSSR count). The van der Waals surface area contributed by atoms with Crippen LogP contribution in [0.4, 0.5) is 0 Å². The van der Waals surface area contributed by atoms with Crippen LogP contribution in [-0.2, 0) is 16.5 Å². The van der Waals surface area contributed by atoms with E-state index in [4.69, 9.17) is 4.18 Å². The van der Waals surface area contributed by atoms with Gasteiger partial charge in [-0.3, -0.25) is 0 Å². The molecule has 1 N–H and O–H groups in total. The topological polar surface area (TPSA) is 63.6 Å². The van der Waals surface area contributed by atoms with Crippen LogP contribution in [0, 0.1) is 6.92 Å². The van der Waals surface area contributed by atoms with Gasteiger partial charge in [-0.15, -0.1) is 0 Å². The minimum absolute atomic E-state index is 0.0575. The first-order chi connectivity index (χ1) is 9.42. The van der Waals surface area contributed by atoms with Crippen LogP contribution >= 0.6 is 0 Å². The third-order valence-corrected chi connectivity index (χ3v) is 4.19. The lowest BCUT2D eigenvalue weighted by Crippen LogP contribution is -2.09. The second-order valence-electron chi connectivity index (χ2n) is 4.51. The molecule has 0 heterocycles. The van der Waals surface area contributed by atoms with E-state index in [0.717, 1.165) is 17.5 Å². The lowest BCUT2D eigenvalue weighted by Gasteiger charge is -2.09. The van der Waals surface area contributed by atoms with Crippen molar-refractivity contribution >= 4 is 10.1 Å². The Morgan fingerprint density at radius 2 is 1.75 bits per heavy atom. The van der Waals surface area contributed by atoms with E-state index in [0.29, 0.717) is 0 Å². The molecule has 0 saturated carbocycles. The molecule has 0 amide bonds. The number of hydrogen-bond donors (Lipinski definition) is 1. The van der Waals surface area contributed by atoms with Crippen LogP contribution in [0.1, 0.15) is 18.1 Å². The highest BCUT2D eigenvalue weighted by Crippen LogP contribution is 2.29. The number of phenolic OH excluding ortho intramolecular Hbond substituents is 1. The van der Waals surface area contributed by atoms with Gasteiger partial charge in [-0.25, -0.2) is 0 Å². The molecule has 0 atom stereocenters. The van der Waals surface area contributed by atoms with E-state index in [9.17, 15) is 13.5 Å². The van der Waals surface area contributed by atoms with Gasteiger partial charge in [-0.05, 0) is 43.2 Å². The van der Waals surface area contributed by atoms with Gasteiger partial charge in [0.15, 0.2) is 11.5 Å². The van der Waals surface area contributed by atoms with Gasteiger partial charge in [0.25, 0.3) is 0 Å². The molecule has 0 fully saturated rings. The highest BCUT2D eigenvalue weighted by atomic mass is 32.2. The predicted octanol–water partition coefficient (Wildman–Crippen LogP) is 3.03. The smallest absolute Gasteiger partial charge is 0.339 e. The van der Waals surface area contributed by atoms with Crippen LogP contribution in [0.5, 0.6) is 11.5 Å². The summed E-state index contributed by atoms with van der Waals surface area (Å²) in [6, 6.07) is 11.0. The molecule has 2 aromatic carbocycles. The van der Waals surface area contributed by atoms with Crippen LogP contribution in [0.25, 0.3) is 0 Å². The Kier molecular flexibility index (Phi) is 3.99. The Balaban J connectivity index is 2.31. The van der Waals surface area contributed by atoms with Gasteiger partial charge in [0, 0.05) is 0 Å². The fourth-order valence-corrected chi connectivity index (χ4v) is 2.67. The lowest BCUT2D eigenvalue weighted by atomic mass is 10.1. The van der Waals surface area contributed by atoms with E-state index in [1.165, 1.54) is 24.3 Å². The summed E-state index contributed by atoms with van der Waals surface area (Å²) in [6.45, 7) is 3.81. The fraction of sp³-hybridized carbons (Fsp3) is 0.200. The number of aromatic hydroxyl groups is 1. The van der Waals surface area contributed by atoms with Crippen molar-refractivity contribution in [2.75, 3.05) is 0 Å². The number of benzene rings is 2. The van der Waals surface area contributed by atoms with Crippen LogP contribution in [-0.4, -0.2) is 13.5 Å². The van der Waals surface area contributed by atoms with E-state index in [1.807, 2.05) is 13.8 Å². The SMILES string of the molecule is CCc1ccc(OS(=O)(=O)c2ccc(C)cc2)c(O)c1. The lowest BCUT2D eigenvalue weighted by molar-refractivity contribution is 0.427. The summed E-state index contributed by atoms with van der Waals surface area (Å²) in [5, 5.41) is 9.79. The number of rotatable bonds is 4. The molecule has 0 spiro atoms. The molecular formula is C15H16O4S. The molecule has 0 aliphatic rings. The van der Waals surface area contributed by atoms with Crippen molar-refractivity contribution < 1.29 is 17.7 Å². The Labute approximate surface area is 118 Å². The van der Waals surface area contributed by atoms with Crippen molar-refractivity contribution in [2.45, 2.75) is 25.2 Å². The van der Waals surface area contributed by atoms with Gasteiger partial charge < -0.3 is 9.29 Å². The molecule has 2 aromatic rings. The molecule has 106 valence electrons. The Morgan fingerprint density at radius 3 is 2.30 bits per heavy atom. The molecule has 0 aromatic heterocycles. The molecule has 0 bridgehead atoms. The minimum atomic E-state index is -3.93. The Hall–Kier alpha value is -2.01. The van der Waals surface area contributed by atoms with Gasteiger partial charge in [-0.1, -0.05) is 30.7 Å². The fourth-order valence-electron chi connectivity index (χ4n) is 1.72. The van der Waals surface area contributed by atoms with E-state index < -0.39 is 10.1 Å². The summed E-state index contributed by atoms with van der Waals surface area (Å²) >= 11 is 0. The molecule has 0 unspecified atom stereocenters. The molecule has 0 aliphatic heterocycles.